The highest BCUT2D eigenvalue weighted by molar-refractivity contribution is 7.99. The van der Waals surface area contributed by atoms with Crippen LogP contribution in [0.1, 0.15) is 39.2 Å². The molecule has 0 radical (unpaired) electrons. The van der Waals surface area contributed by atoms with Crippen molar-refractivity contribution in [2.45, 2.75) is 57.1 Å². The smallest absolute Gasteiger partial charge is 0.408 e. The summed E-state index contributed by atoms with van der Waals surface area (Å²) in [5.74, 6) is -0.0522. The van der Waals surface area contributed by atoms with Gasteiger partial charge >= 0.3 is 12.1 Å². The van der Waals surface area contributed by atoms with E-state index in [1.54, 1.807) is 32.9 Å². The normalized spacial score (nSPS) is 13.0. The number of nitrogens with one attached hydrogen (secondary N) is 1. The summed E-state index contributed by atoms with van der Waals surface area (Å²) >= 11 is 1.46. The predicted molar refractivity (Wildman–Crippen MR) is 112 cm³/mol. The van der Waals surface area contributed by atoms with Crippen LogP contribution in [0, 0.1) is 6.92 Å². The van der Waals surface area contributed by atoms with Gasteiger partial charge in [-0.3, -0.25) is 4.18 Å². The number of benzene rings is 1. The Labute approximate surface area is 176 Å². The number of aryl methyl sites for hydroxylation is 1. The minimum atomic E-state index is -3.77. The van der Waals surface area contributed by atoms with E-state index in [0.717, 1.165) is 5.56 Å². The topological polar surface area (TPSA) is 119 Å². The highest BCUT2D eigenvalue weighted by Crippen LogP contribution is 2.14. The molecule has 0 aliphatic carbocycles. The molecule has 0 fully saturated rings. The molecule has 0 heterocycles. The highest BCUT2D eigenvalue weighted by atomic mass is 32.2. The number of alkyl carbamates (subject to hydrolysis) is 1. The molecule has 0 bridgehead atoms. The number of ether oxygens (including phenoxy) is 1. The number of hydrogen-bond donors (Lipinski definition) is 2. The largest absolute Gasteiger partial charge is 0.480 e. The van der Waals surface area contributed by atoms with Gasteiger partial charge in [0.1, 0.15) is 11.6 Å². The number of hydrogen-bond acceptors (Lipinski definition) is 7. The molecule has 1 atom stereocenters. The van der Waals surface area contributed by atoms with Crippen LogP contribution in [0.3, 0.4) is 0 Å². The van der Waals surface area contributed by atoms with Crippen LogP contribution in [0.5, 0.6) is 0 Å². The molecule has 0 saturated heterocycles. The molecule has 2 N–H and O–H groups in total. The van der Waals surface area contributed by atoms with Gasteiger partial charge in [-0.1, -0.05) is 17.7 Å². The second kappa shape index (κ2) is 11.4. The Bertz CT molecular complexity index is 771. The van der Waals surface area contributed by atoms with Crippen molar-refractivity contribution < 1.29 is 32.0 Å². The molecule has 1 rings (SSSR count). The minimum absolute atomic E-state index is 0.0434. The van der Waals surface area contributed by atoms with Crippen molar-refractivity contribution in [3.63, 3.8) is 0 Å². The second-order valence-electron chi connectivity index (χ2n) is 7.38. The third kappa shape index (κ3) is 10.5. The van der Waals surface area contributed by atoms with E-state index in [1.807, 2.05) is 6.92 Å². The van der Waals surface area contributed by atoms with E-state index in [4.69, 9.17) is 8.92 Å². The first-order valence-electron chi connectivity index (χ1n) is 9.17. The van der Waals surface area contributed by atoms with Gasteiger partial charge in [-0.15, -0.1) is 0 Å². The number of aliphatic carboxylic acids is 1. The SMILES string of the molecule is Cc1ccc(S(=O)(=O)OCCCSCC[C@@H](NC(=O)OC(C)(C)C)C(=O)O)cc1. The number of thioether (sulfide) groups is 1. The summed E-state index contributed by atoms with van der Waals surface area (Å²) in [6.07, 6.45) is -0.0565. The van der Waals surface area contributed by atoms with Gasteiger partial charge in [-0.2, -0.15) is 20.2 Å². The van der Waals surface area contributed by atoms with Crippen LogP contribution >= 0.6 is 11.8 Å². The van der Waals surface area contributed by atoms with Crippen LogP contribution in [-0.4, -0.2) is 55.3 Å². The van der Waals surface area contributed by atoms with Crippen LogP contribution < -0.4 is 5.32 Å². The number of carboxylic acid groups (broad SMARTS) is 1. The Balaban J connectivity index is 2.28. The zero-order chi connectivity index (χ0) is 22.1. The highest BCUT2D eigenvalue weighted by Gasteiger charge is 2.23. The van der Waals surface area contributed by atoms with E-state index < -0.39 is 33.8 Å². The Morgan fingerprint density at radius 1 is 1.17 bits per heavy atom. The predicted octanol–water partition coefficient (Wildman–Crippen LogP) is 3.19. The Morgan fingerprint density at radius 3 is 2.34 bits per heavy atom. The first kappa shape index (κ1) is 25.3. The van der Waals surface area contributed by atoms with Gasteiger partial charge in [0.25, 0.3) is 10.1 Å². The lowest BCUT2D eigenvalue weighted by atomic mass is 10.2. The molecule has 10 heteroatoms. The lowest BCUT2D eigenvalue weighted by Crippen LogP contribution is -2.43. The van der Waals surface area contributed by atoms with Crippen LogP contribution in [0.25, 0.3) is 0 Å². The molecule has 1 aromatic rings. The molecule has 0 unspecified atom stereocenters. The van der Waals surface area contributed by atoms with Gasteiger partial charge < -0.3 is 15.2 Å². The maximum absolute atomic E-state index is 12.1. The van der Waals surface area contributed by atoms with E-state index >= 15 is 0 Å². The zero-order valence-electron chi connectivity index (χ0n) is 17.1. The van der Waals surface area contributed by atoms with Crippen molar-refractivity contribution in [2.24, 2.45) is 0 Å². The first-order valence-corrected chi connectivity index (χ1v) is 11.7. The Hall–Kier alpha value is -1.78. The number of carboxylic acids is 1. The molecular formula is C19H29NO7S2. The van der Waals surface area contributed by atoms with Crippen LogP contribution in [-0.2, 0) is 23.8 Å². The standard InChI is InChI=1S/C19H29NO7S2/c1-14-6-8-15(9-7-14)29(24,25)26-11-5-12-28-13-10-16(17(21)22)20-18(23)27-19(2,3)4/h6-9,16H,5,10-13H2,1-4H3,(H,20,23)(H,21,22)/t16-/m1/s1. The van der Waals surface area contributed by atoms with E-state index in [9.17, 15) is 23.1 Å². The average Bonchev–Trinajstić information content (AvgIpc) is 2.58. The molecule has 8 nitrogen and oxygen atoms in total. The zero-order valence-corrected chi connectivity index (χ0v) is 18.8. The Morgan fingerprint density at radius 2 is 1.79 bits per heavy atom. The molecule has 1 aromatic carbocycles. The maximum Gasteiger partial charge on any atom is 0.408 e. The van der Waals surface area contributed by atoms with E-state index in [1.165, 1.54) is 23.9 Å². The summed E-state index contributed by atoms with van der Waals surface area (Å²) < 4.78 is 34.2. The number of carbonyl (C=O) groups is 2. The summed E-state index contributed by atoms with van der Waals surface area (Å²) in [7, 11) is -3.77. The fourth-order valence-corrected chi connectivity index (χ4v) is 3.98. The van der Waals surface area contributed by atoms with Gasteiger partial charge in [0.2, 0.25) is 0 Å². The van der Waals surface area contributed by atoms with E-state index in [2.05, 4.69) is 5.32 Å². The minimum Gasteiger partial charge on any atom is -0.480 e. The summed E-state index contributed by atoms with van der Waals surface area (Å²) in [5.41, 5.74) is 0.252. The van der Waals surface area contributed by atoms with Crippen molar-refractivity contribution in [3.05, 3.63) is 29.8 Å². The molecule has 0 aromatic heterocycles. The first-order chi connectivity index (χ1) is 13.4. The van der Waals surface area contributed by atoms with Crippen molar-refractivity contribution in [1.82, 2.24) is 5.32 Å². The summed E-state index contributed by atoms with van der Waals surface area (Å²) in [5, 5.41) is 11.5. The fraction of sp³-hybridized carbons (Fsp3) is 0.579. The molecule has 0 spiro atoms. The van der Waals surface area contributed by atoms with Gasteiger partial charge in [-0.05, 0) is 64.2 Å². The van der Waals surface area contributed by atoms with Crippen molar-refractivity contribution >= 4 is 33.9 Å². The van der Waals surface area contributed by atoms with Gasteiger partial charge in [0.05, 0.1) is 11.5 Å². The Kier molecular flexibility index (Phi) is 9.94. The van der Waals surface area contributed by atoms with Gasteiger partial charge in [0, 0.05) is 0 Å². The van der Waals surface area contributed by atoms with E-state index in [0.29, 0.717) is 17.9 Å². The fourth-order valence-electron chi connectivity index (χ4n) is 2.11. The van der Waals surface area contributed by atoms with Gasteiger partial charge in [-0.25, -0.2) is 9.59 Å². The van der Waals surface area contributed by atoms with Crippen LogP contribution in [0.2, 0.25) is 0 Å². The summed E-state index contributed by atoms with van der Waals surface area (Å²) in [4.78, 5) is 23.1. The molecule has 29 heavy (non-hydrogen) atoms. The lowest BCUT2D eigenvalue weighted by Gasteiger charge is -2.21. The van der Waals surface area contributed by atoms with E-state index in [-0.39, 0.29) is 17.9 Å². The quantitative estimate of drug-likeness (QED) is 0.392. The number of carbonyl (C=O) groups excluding carboxylic acids is 1. The van der Waals surface area contributed by atoms with Crippen molar-refractivity contribution in [3.8, 4) is 0 Å². The molecular weight excluding hydrogens is 418 g/mol. The van der Waals surface area contributed by atoms with Crippen molar-refractivity contribution in [2.75, 3.05) is 18.1 Å². The number of amides is 1. The van der Waals surface area contributed by atoms with Crippen molar-refractivity contribution in [1.29, 1.82) is 0 Å². The average molecular weight is 448 g/mol. The second-order valence-corrected chi connectivity index (χ2v) is 10.2. The maximum atomic E-state index is 12.1. The van der Waals surface area contributed by atoms with Crippen LogP contribution in [0.4, 0.5) is 4.79 Å². The third-order valence-corrected chi connectivity index (χ3v) is 5.95. The third-order valence-electron chi connectivity index (χ3n) is 3.52. The molecule has 0 aliphatic rings. The summed E-state index contributed by atoms with van der Waals surface area (Å²) in [6, 6.07) is 5.37. The van der Waals surface area contributed by atoms with Gasteiger partial charge in [0.15, 0.2) is 0 Å². The molecule has 164 valence electrons. The summed E-state index contributed by atoms with van der Waals surface area (Å²) in [6.45, 7) is 6.99. The van der Waals surface area contributed by atoms with Crippen LogP contribution in [0.15, 0.2) is 29.2 Å². The monoisotopic (exact) mass is 447 g/mol. The molecule has 1 amide bonds. The molecule has 0 saturated carbocycles. The lowest BCUT2D eigenvalue weighted by molar-refractivity contribution is -0.139. The number of rotatable bonds is 11. The molecule has 0 aliphatic heterocycles.